The van der Waals surface area contributed by atoms with Crippen LogP contribution in [0.1, 0.15) is 51.3 Å². The van der Waals surface area contributed by atoms with Crippen LogP contribution in [0.3, 0.4) is 0 Å². The van der Waals surface area contributed by atoms with E-state index < -0.39 is 0 Å². The molecule has 17 heavy (non-hydrogen) atoms. The molecule has 0 spiro atoms. The average Bonchev–Trinajstić information content (AvgIpc) is 2.32. The van der Waals surface area contributed by atoms with Crippen molar-refractivity contribution in [1.29, 1.82) is 0 Å². The van der Waals surface area contributed by atoms with Crippen molar-refractivity contribution >= 4 is 5.97 Å². The topological polar surface area (TPSA) is 52.1 Å². The van der Waals surface area contributed by atoms with Crippen LogP contribution in [0, 0.1) is 6.92 Å². The van der Waals surface area contributed by atoms with Crippen LogP contribution in [0.5, 0.6) is 5.75 Å². The zero-order chi connectivity index (χ0) is 12.5. The number of aromatic nitrogens is 2. The molecule has 0 radical (unpaired) electrons. The molecule has 94 valence electrons. The van der Waals surface area contributed by atoms with Gasteiger partial charge in [-0.2, -0.15) is 0 Å². The first-order chi connectivity index (χ1) is 8.22. The maximum absolute atomic E-state index is 11.5. The third-order valence-corrected chi connectivity index (χ3v) is 2.47. The van der Waals surface area contributed by atoms with Crippen LogP contribution in [0.25, 0.3) is 0 Å². The Morgan fingerprint density at radius 3 is 2.47 bits per heavy atom. The number of aryl methyl sites for hydroxylation is 1. The minimum absolute atomic E-state index is 0.200. The highest BCUT2D eigenvalue weighted by Crippen LogP contribution is 2.10. The molecule has 1 rings (SSSR count). The van der Waals surface area contributed by atoms with Crippen LogP contribution < -0.4 is 4.74 Å². The number of nitrogens with zero attached hydrogens (tertiary/aromatic N) is 2. The second kappa shape index (κ2) is 7.76. The Morgan fingerprint density at radius 1 is 1.18 bits per heavy atom. The van der Waals surface area contributed by atoms with Crippen LogP contribution in [-0.4, -0.2) is 15.9 Å². The van der Waals surface area contributed by atoms with E-state index in [-0.39, 0.29) is 5.97 Å². The molecule has 1 heterocycles. The third-order valence-electron chi connectivity index (χ3n) is 2.47. The molecular formula is C13H20N2O2. The van der Waals surface area contributed by atoms with Crippen molar-refractivity contribution in [3.8, 4) is 5.75 Å². The SMILES string of the molecule is CCCCCCCC(=O)Oc1cnc(C)nc1. The summed E-state index contributed by atoms with van der Waals surface area (Å²) in [5.74, 6) is 0.896. The van der Waals surface area contributed by atoms with E-state index in [1.807, 2.05) is 0 Å². The smallest absolute Gasteiger partial charge is 0.311 e. The highest BCUT2D eigenvalue weighted by molar-refractivity contribution is 5.72. The van der Waals surface area contributed by atoms with E-state index >= 15 is 0 Å². The summed E-state index contributed by atoms with van der Waals surface area (Å²) in [7, 11) is 0. The Hall–Kier alpha value is -1.45. The van der Waals surface area contributed by atoms with Gasteiger partial charge in [-0.25, -0.2) is 9.97 Å². The van der Waals surface area contributed by atoms with Gasteiger partial charge in [-0.15, -0.1) is 0 Å². The Balaban J connectivity index is 2.18. The van der Waals surface area contributed by atoms with E-state index in [0.717, 1.165) is 12.8 Å². The summed E-state index contributed by atoms with van der Waals surface area (Å²) in [6, 6.07) is 0. The van der Waals surface area contributed by atoms with E-state index in [2.05, 4.69) is 16.9 Å². The van der Waals surface area contributed by atoms with Crippen LogP contribution in [-0.2, 0) is 4.79 Å². The molecule has 0 aliphatic heterocycles. The lowest BCUT2D eigenvalue weighted by atomic mass is 10.1. The highest BCUT2D eigenvalue weighted by atomic mass is 16.5. The van der Waals surface area contributed by atoms with Gasteiger partial charge >= 0.3 is 5.97 Å². The molecule has 0 atom stereocenters. The van der Waals surface area contributed by atoms with E-state index in [4.69, 9.17) is 4.74 Å². The second-order valence-corrected chi connectivity index (χ2v) is 4.10. The van der Waals surface area contributed by atoms with Crippen LogP contribution in [0.15, 0.2) is 12.4 Å². The van der Waals surface area contributed by atoms with E-state index in [9.17, 15) is 4.79 Å². The Bertz CT molecular complexity index is 336. The molecule has 4 heteroatoms. The van der Waals surface area contributed by atoms with E-state index in [0.29, 0.717) is 18.0 Å². The van der Waals surface area contributed by atoms with Gasteiger partial charge in [-0.1, -0.05) is 32.6 Å². The number of ether oxygens (including phenoxy) is 1. The fraction of sp³-hybridized carbons (Fsp3) is 0.615. The average molecular weight is 236 g/mol. The predicted octanol–water partition coefficient (Wildman–Crippen LogP) is 3.05. The van der Waals surface area contributed by atoms with Crippen molar-refractivity contribution in [3.63, 3.8) is 0 Å². The van der Waals surface area contributed by atoms with Crippen LogP contribution in [0.4, 0.5) is 0 Å². The van der Waals surface area contributed by atoms with E-state index in [1.54, 1.807) is 6.92 Å². The van der Waals surface area contributed by atoms with Crippen molar-refractivity contribution in [2.24, 2.45) is 0 Å². The summed E-state index contributed by atoms with van der Waals surface area (Å²) in [4.78, 5) is 19.4. The van der Waals surface area contributed by atoms with Crippen LogP contribution in [0.2, 0.25) is 0 Å². The molecule has 0 aliphatic rings. The Morgan fingerprint density at radius 2 is 1.82 bits per heavy atom. The molecule has 0 amide bonds. The van der Waals surface area contributed by atoms with Gasteiger partial charge in [0.1, 0.15) is 5.82 Å². The highest BCUT2D eigenvalue weighted by Gasteiger charge is 2.05. The summed E-state index contributed by atoms with van der Waals surface area (Å²) in [6.45, 7) is 3.96. The minimum Gasteiger partial charge on any atom is -0.423 e. The van der Waals surface area contributed by atoms with Gasteiger partial charge in [0.15, 0.2) is 5.75 Å². The number of carbonyl (C=O) groups excluding carboxylic acids is 1. The Kier molecular flexibility index (Phi) is 6.22. The molecule has 0 N–H and O–H groups in total. The fourth-order valence-electron chi connectivity index (χ4n) is 1.49. The summed E-state index contributed by atoms with van der Waals surface area (Å²) >= 11 is 0. The van der Waals surface area contributed by atoms with Crippen molar-refractivity contribution in [2.45, 2.75) is 52.4 Å². The lowest BCUT2D eigenvalue weighted by molar-refractivity contribution is -0.134. The fourth-order valence-corrected chi connectivity index (χ4v) is 1.49. The lowest BCUT2D eigenvalue weighted by Gasteiger charge is -2.03. The minimum atomic E-state index is -0.200. The molecule has 0 fully saturated rings. The standard InChI is InChI=1S/C13H20N2O2/c1-3-4-5-6-7-8-13(16)17-12-9-14-11(2)15-10-12/h9-10H,3-8H2,1-2H3. The zero-order valence-corrected chi connectivity index (χ0v) is 10.6. The van der Waals surface area contributed by atoms with Gasteiger partial charge in [0.2, 0.25) is 0 Å². The number of esters is 1. The lowest BCUT2D eigenvalue weighted by Crippen LogP contribution is -2.08. The molecule has 0 aromatic carbocycles. The number of hydrogen-bond donors (Lipinski definition) is 0. The molecule has 1 aromatic heterocycles. The number of carbonyl (C=O) groups is 1. The summed E-state index contributed by atoms with van der Waals surface area (Å²) < 4.78 is 5.11. The molecule has 0 unspecified atom stereocenters. The summed E-state index contributed by atoms with van der Waals surface area (Å²) in [6.07, 6.45) is 9.15. The normalized spacial score (nSPS) is 10.2. The Labute approximate surface area is 102 Å². The first-order valence-corrected chi connectivity index (χ1v) is 6.21. The van der Waals surface area contributed by atoms with Gasteiger partial charge in [-0.05, 0) is 13.3 Å². The monoisotopic (exact) mass is 236 g/mol. The van der Waals surface area contributed by atoms with Gasteiger partial charge in [0.25, 0.3) is 0 Å². The first kappa shape index (κ1) is 13.6. The zero-order valence-electron chi connectivity index (χ0n) is 10.6. The van der Waals surface area contributed by atoms with Crippen molar-refractivity contribution in [3.05, 3.63) is 18.2 Å². The first-order valence-electron chi connectivity index (χ1n) is 6.21. The number of hydrogen-bond acceptors (Lipinski definition) is 4. The molecule has 0 saturated heterocycles. The van der Waals surface area contributed by atoms with Crippen molar-refractivity contribution in [1.82, 2.24) is 9.97 Å². The third kappa shape index (κ3) is 6.00. The van der Waals surface area contributed by atoms with Crippen molar-refractivity contribution < 1.29 is 9.53 Å². The quantitative estimate of drug-likeness (QED) is 0.539. The van der Waals surface area contributed by atoms with Crippen molar-refractivity contribution in [2.75, 3.05) is 0 Å². The van der Waals surface area contributed by atoms with Gasteiger partial charge in [0.05, 0.1) is 12.4 Å². The molecule has 4 nitrogen and oxygen atoms in total. The van der Waals surface area contributed by atoms with Gasteiger partial charge < -0.3 is 4.74 Å². The molecule has 0 saturated carbocycles. The molecular weight excluding hydrogens is 216 g/mol. The van der Waals surface area contributed by atoms with Crippen LogP contribution >= 0.6 is 0 Å². The maximum Gasteiger partial charge on any atom is 0.311 e. The molecule has 1 aromatic rings. The van der Waals surface area contributed by atoms with E-state index in [1.165, 1.54) is 31.7 Å². The number of unbranched alkanes of at least 4 members (excludes halogenated alkanes) is 4. The molecule has 0 aliphatic carbocycles. The summed E-state index contributed by atoms with van der Waals surface area (Å²) in [5.41, 5.74) is 0. The number of rotatable bonds is 7. The van der Waals surface area contributed by atoms with Gasteiger partial charge in [0, 0.05) is 6.42 Å². The van der Waals surface area contributed by atoms with Gasteiger partial charge in [-0.3, -0.25) is 4.79 Å². The maximum atomic E-state index is 11.5. The summed E-state index contributed by atoms with van der Waals surface area (Å²) in [5, 5.41) is 0. The second-order valence-electron chi connectivity index (χ2n) is 4.10. The largest absolute Gasteiger partial charge is 0.423 e. The predicted molar refractivity (Wildman–Crippen MR) is 65.8 cm³/mol. The molecule has 0 bridgehead atoms.